The zero-order valence-corrected chi connectivity index (χ0v) is 15.9. The van der Waals surface area contributed by atoms with Crippen LogP contribution in [0.5, 0.6) is 0 Å². The molecule has 0 saturated heterocycles. The molecule has 0 radical (unpaired) electrons. The molecule has 1 aliphatic carbocycles. The summed E-state index contributed by atoms with van der Waals surface area (Å²) < 4.78 is 27.8. The number of benzene rings is 3. The molecule has 1 unspecified atom stereocenters. The maximum absolute atomic E-state index is 14.2. The molecule has 27 heavy (non-hydrogen) atoms. The Morgan fingerprint density at radius 2 is 1.74 bits per heavy atom. The van der Waals surface area contributed by atoms with E-state index in [0.717, 1.165) is 24.8 Å². The minimum atomic E-state index is -0.733. The summed E-state index contributed by atoms with van der Waals surface area (Å²) in [5, 5.41) is 2.50. The van der Waals surface area contributed by atoms with Crippen LogP contribution in [0.1, 0.15) is 60.8 Å². The molecule has 0 aromatic heterocycles. The van der Waals surface area contributed by atoms with Crippen molar-refractivity contribution >= 4 is 10.8 Å². The molecular weight excluding hydrogens is 338 g/mol. The van der Waals surface area contributed by atoms with Gasteiger partial charge in [0.15, 0.2) is 11.6 Å². The minimum absolute atomic E-state index is 0.252. The summed E-state index contributed by atoms with van der Waals surface area (Å²) in [7, 11) is 0. The van der Waals surface area contributed by atoms with Crippen LogP contribution in [0, 0.1) is 11.6 Å². The molecule has 0 spiro atoms. The van der Waals surface area contributed by atoms with Crippen molar-refractivity contribution in [2.75, 3.05) is 0 Å². The van der Waals surface area contributed by atoms with E-state index in [9.17, 15) is 8.78 Å². The lowest BCUT2D eigenvalue weighted by Crippen LogP contribution is -2.15. The van der Waals surface area contributed by atoms with Crippen LogP contribution in [0.2, 0.25) is 0 Å². The monoisotopic (exact) mass is 364 g/mol. The van der Waals surface area contributed by atoms with E-state index < -0.39 is 11.6 Å². The smallest absolute Gasteiger partial charge is 0.162 e. The van der Waals surface area contributed by atoms with Crippen LogP contribution in [0.3, 0.4) is 0 Å². The lowest BCUT2D eigenvalue weighted by molar-refractivity contribution is 0.476. The van der Waals surface area contributed by atoms with Gasteiger partial charge in [-0.1, -0.05) is 62.2 Å². The molecule has 140 valence electrons. The summed E-state index contributed by atoms with van der Waals surface area (Å²) in [6.45, 7) is 2.23. The van der Waals surface area contributed by atoms with Gasteiger partial charge in [0.05, 0.1) is 0 Å². The number of hydrogen-bond donors (Lipinski definition) is 0. The van der Waals surface area contributed by atoms with E-state index in [4.69, 9.17) is 0 Å². The van der Waals surface area contributed by atoms with E-state index >= 15 is 0 Å². The van der Waals surface area contributed by atoms with Gasteiger partial charge >= 0.3 is 0 Å². The SMILES string of the molecule is CCCCCc1ccc2cc(C3CCc4ccc(F)c(F)c4C3)ccc2c1. The minimum Gasteiger partial charge on any atom is -0.204 e. The predicted molar refractivity (Wildman–Crippen MR) is 108 cm³/mol. The second-order valence-corrected chi connectivity index (χ2v) is 7.84. The topological polar surface area (TPSA) is 0 Å². The highest BCUT2D eigenvalue weighted by Crippen LogP contribution is 2.35. The van der Waals surface area contributed by atoms with Gasteiger partial charge < -0.3 is 0 Å². The van der Waals surface area contributed by atoms with Crippen LogP contribution in [-0.4, -0.2) is 0 Å². The van der Waals surface area contributed by atoms with Gasteiger partial charge in [-0.3, -0.25) is 0 Å². The molecule has 0 amide bonds. The van der Waals surface area contributed by atoms with Crippen LogP contribution in [0.15, 0.2) is 48.5 Å². The van der Waals surface area contributed by atoms with Gasteiger partial charge in [0.2, 0.25) is 0 Å². The van der Waals surface area contributed by atoms with Crippen molar-refractivity contribution in [2.24, 2.45) is 0 Å². The third-order valence-corrected chi connectivity index (χ3v) is 5.97. The highest BCUT2D eigenvalue weighted by atomic mass is 19.2. The third kappa shape index (κ3) is 3.76. The van der Waals surface area contributed by atoms with Crippen molar-refractivity contribution in [1.29, 1.82) is 0 Å². The summed E-state index contributed by atoms with van der Waals surface area (Å²) in [5.41, 5.74) is 4.16. The van der Waals surface area contributed by atoms with Crippen molar-refractivity contribution < 1.29 is 8.78 Å². The zero-order chi connectivity index (χ0) is 18.8. The first-order chi connectivity index (χ1) is 13.2. The Morgan fingerprint density at radius 3 is 2.59 bits per heavy atom. The van der Waals surface area contributed by atoms with Gasteiger partial charge in [-0.05, 0) is 77.1 Å². The fourth-order valence-corrected chi connectivity index (χ4v) is 4.35. The molecule has 0 aliphatic heterocycles. The lowest BCUT2D eigenvalue weighted by atomic mass is 9.79. The molecule has 0 saturated carbocycles. The number of fused-ring (bicyclic) bond motifs is 2. The second-order valence-electron chi connectivity index (χ2n) is 7.84. The number of aryl methyl sites for hydroxylation is 2. The van der Waals surface area contributed by atoms with Crippen molar-refractivity contribution in [1.82, 2.24) is 0 Å². The van der Waals surface area contributed by atoms with Crippen LogP contribution < -0.4 is 0 Å². The quantitative estimate of drug-likeness (QED) is 0.423. The Balaban J connectivity index is 1.57. The molecule has 0 bridgehead atoms. The average molecular weight is 364 g/mol. The Morgan fingerprint density at radius 1 is 0.926 bits per heavy atom. The number of rotatable bonds is 5. The first kappa shape index (κ1) is 18.2. The van der Waals surface area contributed by atoms with Crippen LogP contribution >= 0.6 is 0 Å². The highest BCUT2D eigenvalue weighted by Gasteiger charge is 2.24. The Labute approximate surface area is 160 Å². The van der Waals surface area contributed by atoms with E-state index in [1.165, 1.54) is 47.2 Å². The summed E-state index contributed by atoms with van der Waals surface area (Å²) in [6.07, 6.45) is 7.27. The van der Waals surface area contributed by atoms with Gasteiger partial charge in [-0.15, -0.1) is 0 Å². The Hall–Kier alpha value is -2.22. The first-order valence-electron chi connectivity index (χ1n) is 10.1. The summed E-state index contributed by atoms with van der Waals surface area (Å²) >= 11 is 0. The van der Waals surface area contributed by atoms with E-state index in [-0.39, 0.29) is 5.92 Å². The number of unbranched alkanes of at least 4 members (excludes halogenated alkanes) is 2. The molecule has 0 heterocycles. The van der Waals surface area contributed by atoms with Crippen molar-refractivity contribution in [3.8, 4) is 0 Å². The first-order valence-corrected chi connectivity index (χ1v) is 10.1. The molecule has 3 aromatic carbocycles. The van der Waals surface area contributed by atoms with Gasteiger partial charge in [0, 0.05) is 0 Å². The van der Waals surface area contributed by atoms with E-state index in [1.54, 1.807) is 6.07 Å². The molecule has 0 N–H and O–H groups in total. The van der Waals surface area contributed by atoms with Gasteiger partial charge in [-0.2, -0.15) is 0 Å². The molecule has 2 heteroatoms. The maximum atomic E-state index is 14.2. The molecule has 4 rings (SSSR count). The maximum Gasteiger partial charge on any atom is 0.162 e. The van der Waals surface area contributed by atoms with Gasteiger partial charge in [-0.25, -0.2) is 8.78 Å². The summed E-state index contributed by atoms with van der Waals surface area (Å²) in [6, 6.07) is 16.3. The number of halogens is 2. The zero-order valence-electron chi connectivity index (χ0n) is 15.9. The summed E-state index contributed by atoms with van der Waals surface area (Å²) in [4.78, 5) is 0. The standard InChI is InChI=1S/C25H26F2/c1-2-3-4-5-17-6-7-20-15-21(11-10-19(20)14-17)22-9-8-18-12-13-24(26)25(27)23(18)16-22/h6-7,10-15,22H,2-5,8-9,16H2,1H3. The van der Waals surface area contributed by atoms with Gasteiger partial charge in [0.1, 0.15) is 0 Å². The molecule has 3 aromatic rings. The molecule has 1 aliphatic rings. The van der Waals surface area contributed by atoms with Crippen molar-refractivity contribution in [3.05, 3.63) is 82.4 Å². The number of hydrogen-bond acceptors (Lipinski definition) is 0. The molecule has 0 nitrogen and oxygen atoms in total. The fourth-order valence-electron chi connectivity index (χ4n) is 4.35. The van der Waals surface area contributed by atoms with Crippen LogP contribution in [0.25, 0.3) is 10.8 Å². The van der Waals surface area contributed by atoms with Crippen LogP contribution in [-0.2, 0) is 19.3 Å². The van der Waals surface area contributed by atoms with E-state index in [0.29, 0.717) is 12.0 Å². The Bertz CT molecular complexity index is 958. The molecule has 1 atom stereocenters. The van der Waals surface area contributed by atoms with E-state index in [2.05, 4.69) is 43.3 Å². The Kier molecular flexibility index (Phi) is 5.24. The fraction of sp³-hybridized carbons (Fsp3) is 0.360. The largest absolute Gasteiger partial charge is 0.204 e. The van der Waals surface area contributed by atoms with Crippen molar-refractivity contribution in [2.45, 2.75) is 57.8 Å². The highest BCUT2D eigenvalue weighted by molar-refractivity contribution is 5.84. The predicted octanol–water partition coefficient (Wildman–Crippen LogP) is 7.12. The van der Waals surface area contributed by atoms with E-state index in [1.807, 2.05) is 0 Å². The van der Waals surface area contributed by atoms with Gasteiger partial charge in [0.25, 0.3) is 0 Å². The second kappa shape index (κ2) is 7.80. The third-order valence-electron chi connectivity index (χ3n) is 5.97. The molecular formula is C25H26F2. The molecule has 0 fully saturated rings. The van der Waals surface area contributed by atoms with Crippen LogP contribution in [0.4, 0.5) is 8.78 Å². The summed E-state index contributed by atoms with van der Waals surface area (Å²) in [5.74, 6) is -1.14. The average Bonchev–Trinajstić information content (AvgIpc) is 2.70. The van der Waals surface area contributed by atoms with Crippen molar-refractivity contribution in [3.63, 3.8) is 0 Å². The normalized spacial score (nSPS) is 16.5. The lowest BCUT2D eigenvalue weighted by Gasteiger charge is -2.25.